The first kappa shape index (κ1) is 19.6. The summed E-state index contributed by atoms with van der Waals surface area (Å²) >= 11 is 5.86. The van der Waals surface area contributed by atoms with Crippen LogP contribution in [-0.2, 0) is 6.54 Å². The van der Waals surface area contributed by atoms with Crippen molar-refractivity contribution in [2.45, 2.75) is 20.4 Å². The third-order valence-electron chi connectivity index (χ3n) is 4.26. The van der Waals surface area contributed by atoms with Gasteiger partial charge in [0.1, 0.15) is 0 Å². The Balaban J connectivity index is 1.67. The van der Waals surface area contributed by atoms with Crippen molar-refractivity contribution in [2.75, 3.05) is 5.32 Å². The molecule has 0 fully saturated rings. The van der Waals surface area contributed by atoms with E-state index < -0.39 is 0 Å². The molecule has 0 aliphatic carbocycles. The zero-order valence-electron chi connectivity index (χ0n) is 15.6. The number of nitrogens with one attached hydrogen (secondary N) is 2. The second-order valence-corrected chi connectivity index (χ2v) is 6.98. The van der Waals surface area contributed by atoms with E-state index in [1.165, 1.54) is 18.5 Å². The highest BCUT2D eigenvalue weighted by molar-refractivity contribution is 6.30. The first-order valence-electron chi connectivity index (χ1n) is 8.78. The maximum atomic E-state index is 12.5. The van der Waals surface area contributed by atoms with E-state index in [0.29, 0.717) is 22.7 Å². The molecule has 6 heteroatoms. The summed E-state index contributed by atoms with van der Waals surface area (Å²) in [6, 6.07) is 14.5. The van der Waals surface area contributed by atoms with Crippen LogP contribution in [0.4, 0.5) is 5.69 Å². The highest BCUT2D eigenvalue weighted by Crippen LogP contribution is 2.17. The van der Waals surface area contributed by atoms with Gasteiger partial charge in [0.25, 0.3) is 11.8 Å². The topological polar surface area (TPSA) is 71.1 Å². The van der Waals surface area contributed by atoms with Gasteiger partial charge in [0.15, 0.2) is 0 Å². The summed E-state index contributed by atoms with van der Waals surface area (Å²) in [6.45, 7) is 4.28. The molecule has 1 aromatic heterocycles. The van der Waals surface area contributed by atoms with Gasteiger partial charge < -0.3 is 10.6 Å². The fraction of sp³-hybridized carbons (Fsp3) is 0.136. The summed E-state index contributed by atoms with van der Waals surface area (Å²) < 4.78 is 0. The largest absolute Gasteiger partial charge is 0.348 e. The van der Waals surface area contributed by atoms with E-state index in [1.54, 1.807) is 12.1 Å². The third-order valence-corrected chi connectivity index (χ3v) is 4.51. The summed E-state index contributed by atoms with van der Waals surface area (Å²) in [5, 5.41) is 6.31. The minimum absolute atomic E-state index is 0.302. The van der Waals surface area contributed by atoms with Crippen LogP contribution >= 0.6 is 11.6 Å². The quantitative estimate of drug-likeness (QED) is 0.668. The monoisotopic (exact) mass is 393 g/mol. The normalized spacial score (nSPS) is 10.4. The number of rotatable bonds is 5. The van der Waals surface area contributed by atoms with E-state index in [1.807, 2.05) is 44.2 Å². The van der Waals surface area contributed by atoms with Crippen LogP contribution in [-0.4, -0.2) is 16.8 Å². The Kier molecular flexibility index (Phi) is 6.06. The van der Waals surface area contributed by atoms with Gasteiger partial charge >= 0.3 is 0 Å². The van der Waals surface area contributed by atoms with Crippen LogP contribution in [0.15, 0.2) is 60.9 Å². The fourth-order valence-electron chi connectivity index (χ4n) is 2.72. The number of anilines is 1. The molecule has 0 atom stereocenters. The maximum Gasteiger partial charge on any atom is 0.257 e. The van der Waals surface area contributed by atoms with E-state index in [9.17, 15) is 9.59 Å². The molecule has 5 nitrogen and oxygen atoms in total. The maximum absolute atomic E-state index is 12.5. The Hall–Kier alpha value is -3.18. The Morgan fingerprint density at radius 3 is 2.29 bits per heavy atom. The summed E-state index contributed by atoms with van der Waals surface area (Å²) in [5.41, 5.74) is 4.39. The average Bonchev–Trinajstić information content (AvgIpc) is 2.69. The molecule has 1 heterocycles. The smallest absolute Gasteiger partial charge is 0.257 e. The molecule has 0 saturated carbocycles. The van der Waals surface area contributed by atoms with Gasteiger partial charge in [-0.3, -0.25) is 14.6 Å². The number of pyridine rings is 1. The molecule has 142 valence electrons. The van der Waals surface area contributed by atoms with Crippen molar-refractivity contribution >= 4 is 29.1 Å². The minimum atomic E-state index is -0.313. The van der Waals surface area contributed by atoms with Crippen molar-refractivity contribution < 1.29 is 9.59 Å². The Bertz CT molecular complexity index is 1020. The SMILES string of the molecule is Cc1ccc(NC(=O)c2cncc(C(=O)NCc3ccc(Cl)cc3)c2)c(C)c1. The third kappa shape index (κ3) is 4.96. The second-order valence-electron chi connectivity index (χ2n) is 6.54. The van der Waals surface area contributed by atoms with Crippen molar-refractivity contribution in [3.63, 3.8) is 0 Å². The lowest BCUT2D eigenvalue weighted by molar-refractivity contribution is 0.0950. The highest BCUT2D eigenvalue weighted by Gasteiger charge is 2.12. The molecular weight excluding hydrogens is 374 g/mol. The number of hydrogen-bond acceptors (Lipinski definition) is 3. The molecule has 3 aromatic rings. The average molecular weight is 394 g/mol. The Morgan fingerprint density at radius 1 is 0.929 bits per heavy atom. The molecule has 0 unspecified atom stereocenters. The van der Waals surface area contributed by atoms with Crippen LogP contribution in [0, 0.1) is 13.8 Å². The van der Waals surface area contributed by atoms with Crippen molar-refractivity contribution in [3.8, 4) is 0 Å². The number of benzene rings is 2. The molecule has 2 amide bonds. The Morgan fingerprint density at radius 2 is 1.61 bits per heavy atom. The molecule has 0 saturated heterocycles. The van der Waals surface area contributed by atoms with Gasteiger partial charge in [-0.15, -0.1) is 0 Å². The number of carbonyl (C=O) groups is 2. The standard InChI is InChI=1S/C22H20ClN3O2/c1-14-3-8-20(15(2)9-14)26-22(28)18-10-17(12-24-13-18)21(27)25-11-16-4-6-19(23)7-5-16/h3-10,12-13H,11H2,1-2H3,(H,25,27)(H,26,28). The zero-order valence-corrected chi connectivity index (χ0v) is 16.4. The number of nitrogens with zero attached hydrogens (tertiary/aromatic N) is 1. The van der Waals surface area contributed by atoms with E-state index in [2.05, 4.69) is 15.6 Å². The van der Waals surface area contributed by atoms with Gasteiger partial charge in [-0.2, -0.15) is 0 Å². The highest BCUT2D eigenvalue weighted by atomic mass is 35.5. The summed E-state index contributed by atoms with van der Waals surface area (Å²) in [4.78, 5) is 29.0. The first-order chi connectivity index (χ1) is 13.4. The van der Waals surface area contributed by atoms with Gasteiger partial charge in [-0.05, 0) is 49.2 Å². The number of halogens is 1. The number of aromatic nitrogens is 1. The van der Waals surface area contributed by atoms with Gasteiger partial charge in [-0.25, -0.2) is 0 Å². The molecule has 2 aromatic carbocycles. The number of hydrogen-bond donors (Lipinski definition) is 2. The second kappa shape index (κ2) is 8.67. The lowest BCUT2D eigenvalue weighted by Gasteiger charge is -2.10. The molecule has 28 heavy (non-hydrogen) atoms. The molecular formula is C22H20ClN3O2. The summed E-state index contributed by atoms with van der Waals surface area (Å²) in [7, 11) is 0. The van der Waals surface area contributed by atoms with Gasteiger partial charge in [-0.1, -0.05) is 41.4 Å². The number of aryl methyl sites for hydroxylation is 2. The van der Waals surface area contributed by atoms with Gasteiger partial charge in [0.2, 0.25) is 0 Å². The lowest BCUT2D eigenvalue weighted by atomic mass is 10.1. The van der Waals surface area contributed by atoms with Crippen LogP contribution in [0.25, 0.3) is 0 Å². The molecule has 0 aliphatic heterocycles. The predicted molar refractivity (Wildman–Crippen MR) is 111 cm³/mol. The summed E-state index contributed by atoms with van der Waals surface area (Å²) in [6.07, 6.45) is 2.87. The fourth-order valence-corrected chi connectivity index (χ4v) is 2.85. The van der Waals surface area contributed by atoms with E-state index in [4.69, 9.17) is 11.6 Å². The zero-order chi connectivity index (χ0) is 20.1. The first-order valence-corrected chi connectivity index (χ1v) is 9.16. The lowest BCUT2D eigenvalue weighted by Crippen LogP contribution is -2.23. The van der Waals surface area contributed by atoms with Gasteiger partial charge in [0.05, 0.1) is 11.1 Å². The summed E-state index contributed by atoms with van der Waals surface area (Å²) in [5.74, 6) is -0.615. The van der Waals surface area contributed by atoms with Crippen LogP contribution in [0.1, 0.15) is 37.4 Å². The van der Waals surface area contributed by atoms with Crippen molar-refractivity contribution in [2.24, 2.45) is 0 Å². The molecule has 0 bridgehead atoms. The van der Waals surface area contributed by atoms with Crippen LogP contribution in [0.5, 0.6) is 0 Å². The van der Waals surface area contributed by atoms with Crippen LogP contribution < -0.4 is 10.6 Å². The molecule has 0 spiro atoms. The van der Waals surface area contributed by atoms with E-state index in [0.717, 1.165) is 22.4 Å². The minimum Gasteiger partial charge on any atom is -0.348 e. The molecule has 3 rings (SSSR count). The molecule has 0 radical (unpaired) electrons. The van der Waals surface area contributed by atoms with E-state index in [-0.39, 0.29) is 11.8 Å². The van der Waals surface area contributed by atoms with Crippen LogP contribution in [0.2, 0.25) is 5.02 Å². The molecule has 0 aliphatic rings. The van der Waals surface area contributed by atoms with Crippen molar-refractivity contribution in [1.29, 1.82) is 0 Å². The van der Waals surface area contributed by atoms with Gasteiger partial charge in [0, 0.05) is 29.6 Å². The van der Waals surface area contributed by atoms with E-state index >= 15 is 0 Å². The number of amides is 2. The predicted octanol–water partition coefficient (Wildman–Crippen LogP) is 4.53. The van der Waals surface area contributed by atoms with Crippen LogP contribution in [0.3, 0.4) is 0 Å². The Labute approximate surface area is 168 Å². The molecule has 2 N–H and O–H groups in total. The van der Waals surface area contributed by atoms with Crippen molar-refractivity contribution in [3.05, 3.63) is 93.8 Å². The van der Waals surface area contributed by atoms with Crippen molar-refractivity contribution in [1.82, 2.24) is 10.3 Å². The number of carbonyl (C=O) groups excluding carboxylic acids is 2.